The molecule has 1 heterocycles. The number of ether oxygens (including phenoxy) is 3. The van der Waals surface area contributed by atoms with Gasteiger partial charge in [0.25, 0.3) is 11.8 Å². The minimum atomic E-state index is -0.570. The summed E-state index contributed by atoms with van der Waals surface area (Å²) in [6, 6.07) is 12.1. The van der Waals surface area contributed by atoms with Crippen LogP contribution in [-0.4, -0.2) is 37.8 Å². The highest BCUT2D eigenvalue weighted by Crippen LogP contribution is 2.32. The van der Waals surface area contributed by atoms with Gasteiger partial charge in [0.05, 0.1) is 26.5 Å². The summed E-state index contributed by atoms with van der Waals surface area (Å²) < 4.78 is 16.2. The van der Waals surface area contributed by atoms with E-state index in [0.29, 0.717) is 35.1 Å². The number of methoxy groups -OCH3 is 2. The van der Waals surface area contributed by atoms with Crippen molar-refractivity contribution < 1.29 is 23.8 Å². The van der Waals surface area contributed by atoms with E-state index >= 15 is 0 Å². The van der Waals surface area contributed by atoms with Crippen LogP contribution < -0.4 is 24.4 Å². The van der Waals surface area contributed by atoms with Gasteiger partial charge in [0.2, 0.25) is 0 Å². The third-order valence-electron chi connectivity index (χ3n) is 4.23. The Hall–Kier alpha value is -3.39. The normalized spacial score (nSPS) is 15.3. The smallest absolute Gasteiger partial charge is 0.270 e. The standard InChI is InChI=1S/C21H20N2O5S/c1-4-28-18-12-13(9-10-17(18)27-3)11-14-19(24)22-21(29)23(20(14)25)15-7-5-6-8-16(15)26-2/h5-12H,4H2,1-3H3,(H,22,24,29)/b14-11+. The molecule has 0 unspecified atom stereocenters. The van der Waals surface area contributed by atoms with Crippen LogP contribution in [0.3, 0.4) is 0 Å². The first-order chi connectivity index (χ1) is 14.0. The Morgan fingerprint density at radius 1 is 1.03 bits per heavy atom. The largest absolute Gasteiger partial charge is 0.495 e. The molecule has 0 aromatic heterocycles. The van der Waals surface area contributed by atoms with Crippen molar-refractivity contribution in [3.05, 3.63) is 53.6 Å². The molecule has 2 amide bonds. The van der Waals surface area contributed by atoms with Crippen LogP contribution >= 0.6 is 12.2 Å². The predicted octanol–water partition coefficient (Wildman–Crippen LogP) is 2.93. The average Bonchev–Trinajstić information content (AvgIpc) is 2.72. The van der Waals surface area contributed by atoms with Crippen molar-refractivity contribution in [2.45, 2.75) is 6.92 Å². The van der Waals surface area contributed by atoms with Gasteiger partial charge in [-0.15, -0.1) is 0 Å². The maximum atomic E-state index is 13.2. The van der Waals surface area contributed by atoms with Crippen molar-refractivity contribution in [3.63, 3.8) is 0 Å². The number of amides is 2. The monoisotopic (exact) mass is 412 g/mol. The van der Waals surface area contributed by atoms with Crippen LogP contribution in [-0.2, 0) is 9.59 Å². The van der Waals surface area contributed by atoms with E-state index in [1.807, 2.05) is 6.92 Å². The molecule has 2 aromatic carbocycles. The van der Waals surface area contributed by atoms with Crippen LogP contribution in [0.2, 0.25) is 0 Å². The van der Waals surface area contributed by atoms with Gasteiger partial charge < -0.3 is 14.2 Å². The molecular weight excluding hydrogens is 392 g/mol. The number of rotatable bonds is 6. The molecule has 0 spiro atoms. The molecule has 0 aliphatic carbocycles. The first-order valence-electron chi connectivity index (χ1n) is 8.85. The first kappa shape index (κ1) is 20.3. The highest BCUT2D eigenvalue weighted by Gasteiger charge is 2.35. The van der Waals surface area contributed by atoms with Crippen LogP contribution in [0, 0.1) is 0 Å². The summed E-state index contributed by atoms with van der Waals surface area (Å²) in [6.07, 6.45) is 1.49. The van der Waals surface area contributed by atoms with Crippen LogP contribution in [0.15, 0.2) is 48.0 Å². The number of para-hydroxylation sites is 2. The molecule has 7 nitrogen and oxygen atoms in total. The van der Waals surface area contributed by atoms with E-state index in [1.54, 1.807) is 49.6 Å². The van der Waals surface area contributed by atoms with E-state index in [9.17, 15) is 9.59 Å². The Morgan fingerprint density at radius 3 is 2.45 bits per heavy atom. The Bertz CT molecular complexity index is 1000. The summed E-state index contributed by atoms with van der Waals surface area (Å²) in [5, 5.41) is 2.55. The highest BCUT2D eigenvalue weighted by molar-refractivity contribution is 7.80. The van der Waals surface area contributed by atoms with Gasteiger partial charge in [0.1, 0.15) is 11.3 Å². The number of benzene rings is 2. The number of carbonyl (C=O) groups is 2. The zero-order chi connectivity index (χ0) is 21.0. The van der Waals surface area contributed by atoms with Gasteiger partial charge in [-0.2, -0.15) is 0 Å². The summed E-state index contributed by atoms with van der Waals surface area (Å²) in [4.78, 5) is 26.9. The average molecular weight is 412 g/mol. The van der Waals surface area contributed by atoms with E-state index < -0.39 is 11.8 Å². The zero-order valence-electron chi connectivity index (χ0n) is 16.2. The number of thiocarbonyl (C=S) groups is 1. The quantitative estimate of drug-likeness (QED) is 0.447. The molecule has 1 N–H and O–H groups in total. The number of hydrogen-bond acceptors (Lipinski definition) is 6. The van der Waals surface area contributed by atoms with Crippen LogP contribution in [0.5, 0.6) is 17.2 Å². The lowest BCUT2D eigenvalue weighted by atomic mass is 10.1. The second kappa shape index (κ2) is 8.74. The van der Waals surface area contributed by atoms with Gasteiger partial charge in [-0.1, -0.05) is 18.2 Å². The fraction of sp³-hybridized carbons (Fsp3) is 0.190. The molecule has 0 saturated carbocycles. The fourth-order valence-electron chi connectivity index (χ4n) is 2.91. The molecule has 1 aliphatic heterocycles. The van der Waals surface area contributed by atoms with Crippen LogP contribution in [0.25, 0.3) is 6.08 Å². The fourth-order valence-corrected chi connectivity index (χ4v) is 3.18. The molecule has 8 heteroatoms. The van der Waals surface area contributed by atoms with Crippen LogP contribution in [0.1, 0.15) is 12.5 Å². The summed E-state index contributed by atoms with van der Waals surface area (Å²) in [5.74, 6) is 0.425. The maximum absolute atomic E-state index is 13.2. The molecule has 3 rings (SSSR count). The molecule has 29 heavy (non-hydrogen) atoms. The van der Waals surface area contributed by atoms with Crippen molar-refractivity contribution in [1.29, 1.82) is 0 Å². The van der Waals surface area contributed by atoms with Gasteiger partial charge >= 0.3 is 0 Å². The molecule has 150 valence electrons. The minimum Gasteiger partial charge on any atom is -0.495 e. The number of carbonyl (C=O) groups excluding carboxylic acids is 2. The van der Waals surface area contributed by atoms with Crippen molar-refractivity contribution in [3.8, 4) is 17.2 Å². The maximum Gasteiger partial charge on any atom is 0.270 e. The predicted molar refractivity (Wildman–Crippen MR) is 113 cm³/mol. The molecule has 1 fully saturated rings. The molecule has 2 aromatic rings. The lowest BCUT2D eigenvalue weighted by Gasteiger charge is -2.29. The van der Waals surface area contributed by atoms with Crippen molar-refractivity contribution in [2.24, 2.45) is 0 Å². The van der Waals surface area contributed by atoms with Crippen molar-refractivity contribution in [1.82, 2.24) is 5.32 Å². The summed E-state index contributed by atoms with van der Waals surface area (Å²) in [7, 11) is 3.04. The number of anilines is 1. The lowest BCUT2D eigenvalue weighted by molar-refractivity contribution is -0.122. The zero-order valence-corrected chi connectivity index (χ0v) is 17.0. The number of nitrogens with zero attached hydrogens (tertiary/aromatic N) is 1. The van der Waals surface area contributed by atoms with Gasteiger partial charge in [0.15, 0.2) is 16.6 Å². The second-order valence-corrected chi connectivity index (χ2v) is 6.36. The van der Waals surface area contributed by atoms with Gasteiger partial charge in [-0.3, -0.25) is 14.9 Å². The van der Waals surface area contributed by atoms with Crippen molar-refractivity contribution >= 4 is 40.9 Å². The Balaban J connectivity index is 2.03. The van der Waals surface area contributed by atoms with E-state index in [1.165, 1.54) is 18.1 Å². The number of hydrogen-bond donors (Lipinski definition) is 1. The minimum absolute atomic E-state index is 0.00798. The Morgan fingerprint density at radius 2 is 1.76 bits per heavy atom. The third-order valence-corrected chi connectivity index (χ3v) is 4.51. The number of nitrogens with one attached hydrogen (secondary N) is 1. The van der Waals surface area contributed by atoms with E-state index in [4.69, 9.17) is 26.4 Å². The second-order valence-electron chi connectivity index (χ2n) is 5.97. The van der Waals surface area contributed by atoms with E-state index in [-0.39, 0.29) is 10.7 Å². The Kier molecular flexibility index (Phi) is 6.13. The summed E-state index contributed by atoms with van der Waals surface area (Å²) in [5.41, 5.74) is 0.998. The van der Waals surface area contributed by atoms with Gasteiger partial charge in [-0.25, -0.2) is 4.90 Å². The molecule has 0 bridgehead atoms. The SMILES string of the molecule is CCOc1cc(/C=C2\C(=O)NC(=S)N(c3ccccc3OC)C2=O)ccc1OC. The first-order valence-corrected chi connectivity index (χ1v) is 9.26. The van der Waals surface area contributed by atoms with Gasteiger partial charge in [0, 0.05) is 0 Å². The summed E-state index contributed by atoms with van der Waals surface area (Å²) in [6.45, 7) is 2.31. The lowest BCUT2D eigenvalue weighted by Crippen LogP contribution is -2.54. The van der Waals surface area contributed by atoms with E-state index in [0.717, 1.165) is 0 Å². The highest BCUT2D eigenvalue weighted by atomic mass is 32.1. The molecule has 0 atom stereocenters. The third kappa shape index (κ3) is 4.07. The molecular formula is C21H20N2O5S. The van der Waals surface area contributed by atoms with Crippen LogP contribution in [0.4, 0.5) is 5.69 Å². The van der Waals surface area contributed by atoms with Crippen molar-refractivity contribution in [2.75, 3.05) is 25.7 Å². The molecule has 1 aliphatic rings. The topological polar surface area (TPSA) is 77.1 Å². The summed E-state index contributed by atoms with van der Waals surface area (Å²) >= 11 is 5.23. The van der Waals surface area contributed by atoms with E-state index in [2.05, 4.69) is 5.32 Å². The molecule has 1 saturated heterocycles. The Labute approximate surface area is 173 Å². The molecule has 0 radical (unpaired) electrons. The van der Waals surface area contributed by atoms with Gasteiger partial charge in [-0.05, 0) is 55.0 Å².